The quantitative estimate of drug-likeness (QED) is 0.583. The molecule has 0 spiro atoms. The van der Waals surface area contributed by atoms with Gasteiger partial charge in [0.05, 0.1) is 41.0 Å². The Hall–Kier alpha value is -2.04. The van der Waals surface area contributed by atoms with Crippen molar-refractivity contribution in [3.05, 3.63) is 44.3 Å². The molecule has 32 heavy (non-hydrogen) atoms. The van der Waals surface area contributed by atoms with Gasteiger partial charge in [0.1, 0.15) is 5.78 Å². The van der Waals surface area contributed by atoms with Crippen LogP contribution in [0.4, 0.5) is 0 Å². The molecule has 4 fully saturated rings. The van der Waals surface area contributed by atoms with Crippen molar-refractivity contribution in [2.75, 3.05) is 12.9 Å². The van der Waals surface area contributed by atoms with Crippen molar-refractivity contribution in [2.24, 2.45) is 23.2 Å². The van der Waals surface area contributed by atoms with E-state index in [2.05, 4.69) is 11.4 Å². The summed E-state index contributed by atoms with van der Waals surface area (Å²) < 4.78 is 5.03. The molecule has 1 aliphatic heterocycles. The number of allylic oxidation sites excluding steroid dienone is 2. The first-order valence-electron chi connectivity index (χ1n) is 11.3. The fraction of sp³-hybridized carbons (Fsp3) is 0.560. The standard InChI is InChI=1S/C25H28N2O3S2/c1-14-21(24(29)30-2)22(19-4-3-5-31-19)18(12-26)23(27-14)32-13-20(28)25-9-15-6-16(10-25)8-17(7-15)11-25/h3-5,15-17,22,27H,6-11,13H2,1-2H3/t15?,16?,17?,22-,25?/m0/s1. The SMILES string of the molecule is COC(=O)C1=C(C)NC(SCC(=O)C23CC4CC(CC(C4)C2)C3)=C(C#N)[C@H]1c1cccs1. The molecular formula is C25H28N2O3S2. The van der Waals surface area contributed by atoms with E-state index in [1.54, 1.807) is 0 Å². The summed E-state index contributed by atoms with van der Waals surface area (Å²) in [6.07, 6.45) is 7.10. The van der Waals surface area contributed by atoms with Gasteiger partial charge < -0.3 is 10.1 Å². The number of nitrogens with one attached hydrogen (secondary N) is 1. The lowest BCUT2D eigenvalue weighted by molar-refractivity contribution is -0.141. The number of Topliss-reactive ketones (excluding diaryl/α,β-unsaturated/α-hetero) is 1. The molecule has 0 amide bonds. The third-order valence-electron chi connectivity index (χ3n) is 7.86. The summed E-state index contributed by atoms with van der Waals surface area (Å²) in [5.41, 5.74) is 1.49. The van der Waals surface area contributed by atoms with Gasteiger partial charge in [0.15, 0.2) is 0 Å². The molecular weight excluding hydrogens is 440 g/mol. The zero-order valence-corrected chi connectivity index (χ0v) is 20.1. The maximum Gasteiger partial charge on any atom is 0.336 e. The smallest absolute Gasteiger partial charge is 0.336 e. The fourth-order valence-electron chi connectivity index (χ4n) is 6.89. The minimum absolute atomic E-state index is 0.140. The van der Waals surface area contributed by atoms with E-state index in [1.807, 2.05) is 24.4 Å². The molecule has 5 nitrogen and oxygen atoms in total. The third-order valence-corrected chi connectivity index (χ3v) is 9.81. The van der Waals surface area contributed by atoms with E-state index in [9.17, 15) is 14.9 Å². The summed E-state index contributed by atoms with van der Waals surface area (Å²) in [6, 6.07) is 6.19. The zero-order chi connectivity index (χ0) is 22.5. The number of methoxy groups -OCH3 is 1. The van der Waals surface area contributed by atoms with Crippen LogP contribution in [0.25, 0.3) is 0 Å². The van der Waals surface area contributed by atoms with Crippen LogP contribution in [0.2, 0.25) is 0 Å². The average Bonchev–Trinajstić information content (AvgIpc) is 3.30. The molecule has 1 aromatic heterocycles. The number of hydrogen-bond acceptors (Lipinski definition) is 7. The van der Waals surface area contributed by atoms with Gasteiger partial charge in [-0.2, -0.15) is 5.26 Å². The van der Waals surface area contributed by atoms with E-state index in [0.29, 0.717) is 33.4 Å². The minimum Gasteiger partial charge on any atom is -0.466 e. The number of thiophene rings is 1. The normalized spacial score (nSPS) is 33.2. The summed E-state index contributed by atoms with van der Waals surface area (Å²) in [6.45, 7) is 1.84. The van der Waals surface area contributed by atoms with Gasteiger partial charge in [-0.3, -0.25) is 4.79 Å². The second-order valence-corrected chi connectivity index (χ2v) is 11.8. The van der Waals surface area contributed by atoms with Gasteiger partial charge >= 0.3 is 5.97 Å². The summed E-state index contributed by atoms with van der Waals surface area (Å²) in [4.78, 5) is 27.0. The van der Waals surface area contributed by atoms with Crippen molar-refractivity contribution in [3.63, 3.8) is 0 Å². The Labute approximate surface area is 197 Å². The summed E-state index contributed by atoms with van der Waals surface area (Å²) in [5.74, 6) is 2.01. The lowest BCUT2D eigenvalue weighted by atomic mass is 9.48. The third kappa shape index (κ3) is 3.62. The van der Waals surface area contributed by atoms with Crippen LogP contribution in [0.15, 0.2) is 39.4 Å². The molecule has 4 aliphatic carbocycles. The maximum atomic E-state index is 13.5. The Balaban J connectivity index is 1.40. The monoisotopic (exact) mass is 468 g/mol. The van der Waals surface area contributed by atoms with Crippen molar-refractivity contribution in [2.45, 2.75) is 51.4 Å². The molecule has 6 rings (SSSR count). The van der Waals surface area contributed by atoms with Crippen molar-refractivity contribution in [1.29, 1.82) is 5.26 Å². The molecule has 1 aromatic rings. The zero-order valence-electron chi connectivity index (χ0n) is 18.5. The Morgan fingerprint density at radius 1 is 1.25 bits per heavy atom. The van der Waals surface area contributed by atoms with E-state index in [4.69, 9.17) is 4.74 Å². The van der Waals surface area contributed by atoms with E-state index >= 15 is 0 Å². The minimum atomic E-state index is -0.467. The fourth-order valence-corrected chi connectivity index (χ4v) is 8.86. The molecule has 168 valence electrons. The van der Waals surface area contributed by atoms with Crippen LogP contribution in [0.1, 0.15) is 56.2 Å². The molecule has 0 saturated heterocycles. The Bertz CT molecular complexity index is 1010. The molecule has 0 aromatic carbocycles. The predicted molar refractivity (Wildman–Crippen MR) is 126 cm³/mol. The van der Waals surface area contributed by atoms with Gasteiger partial charge in [-0.05, 0) is 74.6 Å². The van der Waals surface area contributed by atoms with Gasteiger partial charge in [0.25, 0.3) is 0 Å². The number of carbonyl (C=O) groups excluding carboxylic acids is 2. The summed E-state index contributed by atoms with van der Waals surface area (Å²) >= 11 is 2.94. The topological polar surface area (TPSA) is 79.2 Å². The van der Waals surface area contributed by atoms with Gasteiger partial charge in [0.2, 0.25) is 0 Å². The van der Waals surface area contributed by atoms with E-state index in [0.717, 1.165) is 41.9 Å². The van der Waals surface area contributed by atoms with Crippen LogP contribution < -0.4 is 5.32 Å². The number of carbonyl (C=O) groups is 2. The number of hydrogen-bond donors (Lipinski definition) is 1. The number of esters is 1. The molecule has 7 heteroatoms. The Morgan fingerprint density at radius 3 is 2.44 bits per heavy atom. The molecule has 0 unspecified atom stereocenters. The largest absolute Gasteiger partial charge is 0.466 e. The van der Waals surface area contributed by atoms with Gasteiger partial charge in [0, 0.05) is 16.0 Å². The van der Waals surface area contributed by atoms with Crippen LogP contribution in [0.5, 0.6) is 0 Å². The Kier molecular flexibility index (Phi) is 5.71. The van der Waals surface area contributed by atoms with E-state index < -0.39 is 11.9 Å². The highest BCUT2D eigenvalue weighted by Crippen LogP contribution is 2.60. The Morgan fingerprint density at radius 2 is 1.91 bits per heavy atom. The highest BCUT2D eigenvalue weighted by molar-refractivity contribution is 8.03. The van der Waals surface area contributed by atoms with Crippen molar-refractivity contribution in [1.82, 2.24) is 5.32 Å². The van der Waals surface area contributed by atoms with Crippen LogP contribution >= 0.6 is 23.1 Å². The highest BCUT2D eigenvalue weighted by Gasteiger charge is 2.54. The number of rotatable bonds is 6. The van der Waals surface area contributed by atoms with Crippen LogP contribution in [0.3, 0.4) is 0 Å². The average molecular weight is 469 g/mol. The molecule has 4 bridgehead atoms. The first-order valence-corrected chi connectivity index (χ1v) is 13.2. The maximum absolute atomic E-state index is 13.5. The lowest BCUT2D eigenvalue weighted by Gasteiger charge is -2.56. The molecule has 4 saturated carbocycles. The van der Waals surface area contributed by atoms with Crippen molar-refractivity contribution >= 4 is 34.9 Å². The second-order valence-electron chi connectivity index (χ2n) is 9.87. The molecule has 5 aliphatic rings. The van der Waals surface area contributed by atoms with Gasteiger partial charge in [-0.25, -0.2) is 4.79 Å². The van der Waals surface area contributed by atoms with E-state index in [-0.39, 0.29) is 5.41 Å². The lowest BCUT2D eigenvalue weighted by Crippen LogP contribution is -2.50. The molecule has 1 atom stereocenters. The number of ketones is 1. The number of nitriles is 1. The van der Waals surface area contributed by atoms with Crippen LogP contribution in [-0.2, 0) is 14.3 Å². The van der Waals surface area contributed by atoms with Crippen molar-refractivity contribution < 1.29 is 14.3 Å². The van der Waals surface area contributed by atoms with Gasteiger partial charge in [-0.1, -0.05) is 17.8 Å². The van der Waals surface area contributed by atoms with E-state index in [1.165, 1.54) is 49.5 Å². The number of thioether (sulfide) groups is 1. The van der Waals surface area contributed by atoms with Gasteiger partial charge in [-0.15, -0.1) is 11.3 Å². The number of dihydropyridines is 1. The molecule has 2 heterocycles. The second kappa shape index (κ2) is 8.39. The first kappa shape index (κ1) is 21.8. The molecule has 1 N–H and O–H groups in total. The highest BCUT2D eigenvalue weighted by atomic mass is 32.2. The number of ether oxygens (including phenoxy) is 1. The first-order chi connectivity index (χ1) is 15.4. The number of nitrogens with zero attached hydrogens (tertiary/aromatic N) is 1. The van der Waals surface area contributed by atoms with Crippen molar-refractivity contribution in [3.8, 4) is 6.07 Å². The van der Waals surface area contributed by atoms with Crippen LogP contribution in [-0.4, -0.2) is 24.6 Å². The van der Waals surface area contributed by atoms with Crippen LogP contribution in [0, 0.1) is 34.5 Å². The summed E-state index contributed by atoms with van der Waals surface area (Å²) in [7, 11) is 1.36. The predicted octanol–water partition coefficient (Wildman–Crippen LogP) is 5.14. The molecule has 0 radical (unpaired) electrons. The summed E-state index contributed by atoms with van der Waals surface area (Å²) in [5, 5.41) is 16.0.